The molecule has 8 nitrogen and oxygen atoms in total. The first-order valence-corrected chi connectivity index (χ1v) is 8.03. The number of aromatic nitrogens is 5. The fourth-order valence-electron chi connectivity index (χ4n) is 2.29. The summed E-state index contributed by atoms with van der Waals surface area (Å²) in [7, 11) is 1.17. The van der Waals surface area contributed by atoms with E-state index in [1.165, 1.54) is 7.83 Å². The fourth-order valence-corrected chi connectivity index (χ4v) is 2.80. The molecule has 2 aromatic rings. The van der Waals surface area contributed by atoms with Gasteiger partial charge < -0.3 is 0 Å². The average Bonchev–Trinajstić information content (AvgIpc) is 3.34. The van der Waals surface area contributed by atoms with Crippen LogP contribution in [0.2, 0.25) is 0 Å². The van der Waals surface area contributed by atoms with Crippen LogP contribution in [0, 0.1) is 0 Å². The zero-order chi connectivity index (χ0) is 14.9. The van der Waals surface area contributed by atoms with E-state index in [1.807, 2.05) is 0 Å². The van der Waals surface area contributed by atoms with Crippen LogP contribution < -0.4 is 10.6 Å². The van der Waals surface area contributed by atoms with Crippen molar-refractivity contribution in [2.75, 3.05) is 31.2 Å². The third-order valence-corrected chi connectivity index (χ3v) is 4.37. The Balaban J connectivity index is 1.74. The van der Waals surface area contributed by atoms with E-state index in [0.29, 0.717) is 30.9 Å². The Kier molecular flexibility index (Phi) is 3.57. The van der Waals surface area contributed by atoms with Crippen LogP contribution in [-0.4, -0.2) is 62.1 Å². The molecule has 2 N–H and O–H groups in total. The molecule has 1 saturated heterocycles. The van der Waals surface area contributed by atoms with Gasteiger partial charge in [0.05, 0.1) is 0 Å². The number of hydrogen-bond donors (Lipinski definition) is 1. The number of rotatable bonds is 4. The van der Waals surface area contributed by atoms with Crippen LogP contribution >= 0.6 is 7.83 Å². The third kappa shape index (κ3) is 2.61. The van der Waals surface area contributed by atoms with Gasteiger partial charge in [-0.1, -0.05) is 0 Å². The second kappa shape index (κ2) is 5.72. The average molecular weight is 316 g/mol. The quantitative estimate of drug-likeness (QED) is 0.782. The van der Waals surface area contributed by atoms with Gasteiger partial charge in [0.15, 0.2) is 0 Å². The molecular formula is C13H15N7OP+. The normalized spacial score (nSPS) is 18.6. The second-order valence-corrected chi connectivity index (χ2v) is 6.02. The molecular weight excluding hydrogens is 301 g/mol. The van der Waals surface area contributed by atoms with Crippen molar-refractivity contribution >= 4 is 24.9 Å². The maximum atomic E-state index is 6.28. The van der Waals surface area contributed by atoms with Gasteiger partial charge in [0.25, 0.3) is 0 Å². The van der Waals surface area contributed by atoms with E-state index < -0.39 is 0 Å². The molecule has 0 radical (unpaired) electrons. The number of nitrogens with zero attached hydrogens (tertiary/aromatic N) is 6. The van der Waals surface area contributed by atoms with Crippen LogP contribution in [-0.2, 0) is 4.74 Å². The summed E-state index contributed by atoms with van der Waals surface area (Å²) in [6.07, 6.45) is 3.37. The van der Waals surface area contributed by atoms with Crippen LogP contribution in [0.25, 0.3) is 5.95 Å². The Morgan fingerprint density at radius 2 is 1.91 bits per heavy atom. The van der Waals surface area contributed by atoms with E-state index in [2.05, 4.69) is 30.7 Å². The monoisotopic (exact) mass is 316 g/mol. The summed E-state index contributed by atoms with van der Waals surface area (Å²) in [6.45, 7) is 2.91. The van der Waals surface area contributed by atoms with Crippen molar-refractivity contribution in [3.63, 3.8) is 0 Å². The number of morpholine rings is 1. The summed E-state index contributed by atoms with van der Waals surface area (Å²) < 4.78 is 7.02. The molecule has 0 spiro atoms. The van der Waals surface area contributed by atoms with Gasteiger partial charge in [-0.2, -0.15) is 0 Å². The van der Waals surface area contributed by atoms with Crippen molar-refractivity contribution in [1.82, 2.24) is 24.7 Å². The SMILES string of the molecule is NC(C1=[P+]=C1)c1nc(N2CCOCC2)nn1-c1ncccn1. The molecule has 1 atom stereocenters. The minimum absolute atomic E-state index is 0.271. The molecule has 2 aromatic heterocycles. The molecule has 2 aliphatic rings. The molecule has 4 rings (SSSR count). The van der Waals surface area contributed by atoms with Crippen molar-refractivity contribution in [1.29, 1.82) is 0 Å². The van der Waals surface area contributed by atoms with Crippen molar-refractivity contribution in [2.24, 2.45) is 5.73 Å². The van der Waals surface area contributed by atoms with Crippen molar-refractivity contribution in [3.05, 3.63) is 24.3 Å². The van der Waals surface area contributed by atoms with E-state index in [-0.39, 0.29) is 6.04 Å². The molecule has 2 aliphatic heterocycles. The third-order valence-electron chi connectivity index (χ3n) is 3.53. The number of anilines is 1. The summed E-state index contributed by atoms with van der Waals surface area (Å²) in [5.74, 6) is 3.88. The topological polar surface area (TPSA) is 95.0 Å². The van der Waals surface area contributed by atoms with Gasteiger partial charge >= 0.3 is 128 Å². The van der Waals surface area contributed by atoms with Crippen molar-refractivity contribution in [2.45, 2.75) is 6.04 Å². The van der Waals surface area contributed by atoms with Gasteiger partial charge in [-0.05, 0) is 0 Å². The molecule has 0 aliphatic carbocycles. The number of nitrogens with two attached hydrogens (primary N) is 1. The first-order chi connectivity index (χ1) is 10.8. The van der Waals surface area contributed by atoms with Crippen LogP contribution in [0.4, 0.5) is 5.95 Å². The standard InChI is InChI=1S/C13H15N7OP/c14-10(9-8-22-9)11-17-13(19-4-6-21-7-5-19)18-20(11)12-15-2-1-3-16-12/h1-3,8,10H,4-7,14H2/q+1. The van der Waals surface area contributed by atoms with Crippen molar-refractivity contribution < 1.29 is 4.74 Å². The molecule has 9 heteroatoms. The van der Waals surface area contributed by atoms with E-state index in [0.717, 1.165) is 18.4 Å². The van der Waals surface area contributed by atoms with Gasteiger partial charge in [-0.3, -0.25) is 0 Å². The van der Waals surface area contributed by atoms with Crippen molar-refractivity contribution in [3.8, 4) is 5.95 Å². The first-order valence-electron chi connectivity index (χ1n) is 7.06. The first kappa shape index (κ1) is 13.8. The molecule has 22 heavy (non-hydrogen) atoms. The van der Waals surface area contributed by atoms with Crippen LogP contribution in [0.3, 0.4) is 0 Å². The fraction of sp³-hybridized carbons (Fsp3) is 0.385. The van der Waals surface area contributed by atoms with E-state index >= 15 is 0 Å². The summed E-state index contributed by atoms with van der Waals surface area (Å²) in [5.41, 5.74) is 6.28. The Labute approximate surface area is 128 Å². The molecule has 112 valence electrons. The molecule has 0 bridgehead atoms. The number of hydrogen-bond acceptors (Lipinski definition) is 7. The maximum absolute atomic E-state index is 6.28. The van der Waals surface area contributed by atoms with Gasteiger partial charge in [-0.25, -0.2) is 0 Å². The summed E-state index contributed by atoms with van der Waals surface area (Å²) in [6, 6.07) is 1.50. The van der Waals surface area contributed by atoms with Gasteiger partial charge in [0.1, 0.15) is 0 Å². The number of ether oxygens (including phenoxy) is 1. The van der Waals surface area contributed by atoms with Crippen LogP contribution in [0.1, 0.15) is 11.9 Å². The van der Waals surface area contributed by atoms with E-state index in [4.69, 9.17) is 10.5 Å². The Bertz CT molecular complexity index is 747. The summed E-state index contributed by atoms with van der Waals surface area (Å²) in [4.78, 5) is 15.3. The summed E-state index contributed by atoms with van der Waals surface area (Å²) in [5, 5.41) is 5.73. The van der Waals surface area contributed by atoms with E-state index in [1.54, 1.807) is 23.1 Å². The van der Waals surface area contributed by atoms with Crippen LogP contribution in [0.15, 0.2) is 18.5 Å². The minimum atomic E-state index is -0.271. The molecule has 0 aromatic carbocycles. The van der Waals surface area contributed by atoms with Gasteiger partial charge in [0, 0.05) is 0 Å². The molecule has 1 fully saturated rings. The molecule has 0 saturated carbocycles. The molecule has 1 unspecified atom stereocenters. The zero-order valence-electron chi connectivity index (χ0n) is 11.8. The van der Waals surface area contributed by atoms with Gasteiger partial charge in [0.2, 0.25) is 0 Å². The Hall–Kier alpha value is -1.89. The molecule has 0 amide bonds. The van der Waals surface area contributed by atoms with Crippen LogP contribution in [0.5, 0.6) is 0 Å². The second-order valence-electron chi connectivity index (χ2n) is 4.99. The Morgan fingerprint density at radius 1 is 1.18 bits per heavy atom. The molecule has 4 heterocycles. The predicted molar refractivity (Wildman–Crippen MR) is 84.9 cm³/mol. The Morgan fingerprint density at radius 3 is 2.59 bits per heavy atom. The summed E-state index contributed by atoms with van der Waals surface area (Å²) >= 11 is 0. The predicted octanol–water partition coefficient (Wildman–Crippen LogP) is -0.172. The van der Waals surface area contributed by atoms with Gasteiger partial charge in [-0.15, -0.1) is 0 Å². The zero-order valence-corrected chi connectivity index (χ0v) is 12.7. The van der Waals surface area contributed by atoms with E-state index in [9.17, 15) is 0 Å².